The molecule has 3 atom stereocenters. The zero-order valence-corrected chi connectivity index (χ0v) is 25.0. The Balaban J connectivity index is 1.29. The van der Waals surface area contributed by atoms with Gasteiger partial charge in [0.05, 0.1) is 34.9 Å². The summed E-state index contributed by atoms with van der Waals surface area (Å²) in [6.07, 6.45) is 2.68. The largest absolute Gasteiger partial charge is 0.493 e. The van der Waals surface area contributed by atoms with Crippen LogP contribution in [0.15, 0.2) is 53.6 Å². The number of likely N-dealkylation sites (N-methyl/N-ethyl adjacent to an activating group) is 1. The number of hydrogen-bond acceptors (Lipinski definition) is 8. The van der Waals surface area contributed by atoms with Crippen molar-refractivity contribution in [3.8, 4) is 17.6 Å². The first-order chi connectivity index (χ1) is 19.6. The van der Waals surface area contributed by atoms with E-state index in [1.54, 1.807) is 42.6 Å². The van der Waals surface area contributed by atoms with Crippen LogP contribution in [-0.2, 0) is 23.0 Å². The molecule has 1 aliphatic carbocycles. The summed E-state index contributed by atoms with van der Waals surface area (Å²) in [5.74, 6) is 1.35. The highest BCUT2D eigenvalue weighted by Crippen LogP contribution is 2.41. The molecule has 0 radical (unpaired) electrons. The van der Waals surface area contributed by atoms with E-state index in [4.69, 9.17) is 26.8 Å². The molecule has 2 heterocycles. The second-order valence-corrected chi connectivity index (χ2v) is 13.2. The lowest BCUT2D eigenvalue weighted by molar-refractivity contribution is 0.110. The molecule has 0 bridgehead atoms. The van der Waals surface area contributed by atoms with Gasteiger partial charge in [0.1, 0.15) is 17.6 Å². The van der Waals surface area contributed by atoms with Gasteiger partial charge in [-0.2, -0.15) is 9.57 Å². The van der Waals surface area contributed by atoms with Gasteiger partial charge in [0.2, 0.25) is 10.0 Å². The Morgan fingerprint density at radius 3 is 2.73 bits per heavy atom. The summed E-state index contributed by atoms with van der Waals surface area (Å²) >= 11 is 6.33. The normalized spacial score (nSPS) is 20.7. The lowest BCUT2D eigenvalue weighted by Crippen LogP contribution is -2.34. The molecule has 1 saturated heterocycles. The summed E-state index contributed by atoms with van der Waals surface area (Å²) in [5, 5.41) is 10.1. The monoisotopic (exact) mass is 595 g/mol. The standard InChI is InChI=1S/C30H34ClN5O4S/c1-19-10-25(41(37,38)36-9-7-20(17-36)18-39-24-6-8-34-23(13-24)16-33)4-5-29(19)40-30-27-12-22(31)11-21(15-32)26(27)14-28(30)35(2)3/h4-6,8,10-13,20,28,30H,7,9,14,16-18,33H2,1-3H3/t20-,28-,30-/m0/s1. The second kappa shape index (κ2) is 12.0. The molecule has 0 saturated carbocycles. The first kappa shape index (κ1) is 29.3. The third-order valence-electron chi connectivity index (χ3n) is 7.87. The van der Waals surface area contributed by atoms with Gasteiger partial charge < -0.3 is 20.1 Å². The quantitative estimate of drug-likeness (QED) is 0.393. The molecule has 0 spiro atoms. The molecule has 41 heavy (non-hydrogen) atoms. The number of sulfonamides is 1. The van der Waals surface area contributed by atoms with E-state index in [0.29, 0.717) is 66.7 Å². The van der Waals surface area contributed by atoms with Crippen LogP contribution in [0.1, 0.15) is 40.5 Å². The fourth-order valence-electron chi connectivity index (χ4n) is 5.58. The summed E-state index contributed by atoms with van der Waals surface area (Å²) in [5.41, 5.74) is 9.49. The van der Waals surface area contributed by atoms with E-state index in [-0.39, 0.29) is 23.0 Å². The highest BCUT2D eigenvalue weighted by molar-refractivity contribution is 7.89. The van der Waals surface area contributed by atoms with Gasteiger partial charge in [0.15, 0.2) is 0 Å². The van der Waals surface area contributed by atoms with Gasteiger partial charge in [0.25, 0.3) is 0 Å². The summed E-state index contributed by atoms with van der Waals surface area (Å²) in [7, 11) is 0.271. The number of halogens is 1. The average molecular weight is 596 g/mol. The fourth-order valence-corrected chi connectivity index (χ4v) is 7.42. The maximum absolute atomic E-state index is 13.5. The molecule has 1 fully saturated rings. The Bertz CT molecular complexity index is 1590. The van der Waals surface area contributed by atoms with Crippen LogP contribution in [-0.4, -0.2) is 62.4 Å². The topological polar surface area (TPSA) is 122 Å². The highest BCUT2D eigenvalue weighted by atomic mass is 35.5. The molecule has 0 amide bonds. The minimum absolute atomic E-state index is 0.00354. The smallest absolute Gasteiger partial charge is 0.243 e. The molecule has 5 rings (SSSR count). The van der Waals surface area contributed by atoms with Crippen molar-refractivity contribution < 1.29 is 17.9 Å². The van der Waals surface area contributed by atoms with Crippen molar-refractivity contribution >= 4 is 21.6 Å². The number of benzene rings is 2. The minimum atomic E-state index is -3.69. The second-order valence-electron chi connectivity index (χ2n) is 10.8. The predicted octanol–water partition coefficient (Wildman–Crippen LogP) is 4.07. The van der Waals surface area contributed by atoms with Crippen LogP contribution in [0.3, 0.4) is 0 Å². The number of ether oxygens (including phenoxy) is 2. The third-order valence-corrected chi connectivity index (χ3v) is 9.95. The Labute approximate surface area is 246 Å². The summed E-state index contributed by atoms with van der Waals surface area (Å²) in [4.78, 5) is 6.48. The molecule has 3 aromatic rings. The number of rotatable bonds is 9. The maximum atomic E-state index is 13.5. The van der Waals surface area contributed by atoms with Crippen LogP contribution in [0.4, 0.5) is 0 Å². The predicted molar refractivity (Wildman–Crippen MR) is 156 cm³/mol. The molecule has 2 aromatic carbocycles. The number of pyridine rings is 1. The van der Waals surface area contributed by atoms with E-state index in [1.165, 1.54) is 4.31 Å². The highest BCUT2D eigenvalue weighted by Gasteiger charge is 2.38. The van der Waals surface area contributed by atoms with Gasteiger partial charge >= 0.3 is 0 Å². The maximum Gasteiger partial charge on any atom is 0.243 e. The molecular formula is C30H34ClN5O4S. The van der Waals surface area contributed by atoms with E-state index in [9.17, 15) is 13.7 Å². The summed E-state index contributed by atoms with van der Waals surface area (Å²) in [6, 6.07) is 14.4. The van der Waals surface area contributed by atoms with Crippen LogP contribution in [0.2, 0.25) is 5.02 Å². The van der Waals surface area contributed by atoms with Crippen LogP contribution in [0.5, 0.6) is 11.5 Å². The molecule has 216 valence electrons. The number of nitriles is 1. The number of fused-ring (bicyclic) bond motifs is 1. The van der Waals surface area contributed by atoms with Gasteiger partial charge in [0, 0.05) is 42.8 Å². The van der Waals surface area contributed by atoms with Crippen LogP contribution < -0.4 is 15.2 Å². The van der Waals surface area contributed by atoms with Crippen molar-refractivity contribution in [2.75, 3.05) is 33.8 Å². The third kappa shape index (κ3) is 6.05. The van der Waals surface area contributed by atoms with Gasteiger partial charge in [-0.05, 0) is 86.9 Å². The molecule has 1 aliphatic heterocycles. The zero-order chi connectivity index (χ0) is 29.3. The lowest BCUT2D eigenvalue weighted by atomic mass is 10.0. The molecule has 2 N–H and O–H groups in total. The van der Waals surface area contributed by atoms with Crippen molar-refractivity contribution in [2.45, 2.75) is 43.4 Å². The molecular weight excluding hydrogens is 562 g/mol. The number of aryl methyl sites for hydroxylation is 1. The number of nitrogens with two attached hydrogens (primary N) is 1. The molecule has 2 aliphatic rings. The van der Waals surface area contributed by atoms with Gasteiger partial charge in [-0.15, -0.1) is 0 Å². The van der Waals surface area contributed by atoms with E-state index in [0.717, 1.165) is 16.8 Å². The number of aromatic nitrogens is 1. The fraction of sp³-hybridized carbons (Fsp3) is 0.400. The van der Waals surface area contributed by atoms with Crippen molar-refractivity contribution in [2.24, 2.45) is 11.7 Å². The van der Waals surface area contributed by atoms with Crippen LogP contribution >= 0.6 is 11.6 Å². The summed E-state index contributed by atoms with van der Waals surface area (Å²) in [6.45, 7) is 3.41. The van der Waals surface area contributed by atoms with Gasteiger partial charge in [-0.3, -0.25) is 4.98 Å². The van der Waals surface area contributed by atoms with E-state index in [2.05, 4.69) is 16.0 Å². The van der Waals surface area contributed by atoms with Crippen molar-refractivity contribution in [1.82, 2.24) is 14.2 Å². The Morgan fingerprint density at radius 2 is 2.02 bits per heavy atom. The Morgan fingerprint density at radius 1 is 1.22 bits per heavy atom. The van der Waals surface area contributed by atoms with Crippen molar-refractivity contribution in [3.05, 3.63) is 81.6 Å². The van der Waals surface area contributed by atoms with Crippen LogP contribution in [0, 0.1) is 24.2 Å². The van der Waals surface area contributed by atoms with E-state index >= 15 is 0 Å². The Kier molecular flexibility index (Phi) is 8.55. The number of nitrogens with zero attached hydrogens (tertiary/aromatic N) is 4. The molecule has 1 aromatic heterocycles. The summed E-state index contributed by atoms with van der Waals surface area (Å²) < 4.78 is 41.0. The molecule has 11 heteroatoms. The van der Waals surface area contributed by atoms with E-state index < -0.39 is 10.0 Å². The van der Waals surface area contributed by atoms with E-state index in [1.807, 2.05) is 27.1 Å². The number of hydrogen-bond donors (Lipinski definition) is 1. The van der Waals surface area contributed by atoms with Crippen LogP contribution in [0.25, 0.3) is 0 Å². The minimum Gasteiger partial charge on any atom is -0.493 e. The first-order valence-electron chi connectivity index (χ1n) is 13.5. The first-order valence-corrected chi connectivity index (χ1v) is 15.4. The van der Waals surface area contributed by atoms with Crippen molar-refractivity contribution in [1.29, 1.82) is 5.26 Å². The SMILES string of the molecule is Cc1cc(S(=O)(=O)N2CC[C@H](COc3ccnc(CN)c3)C2)ccc1O[C@H]1c2cc(Cl)cc(C#N)c2C[C@@H]1N(C)C. The Hall–Kier alpha value is -3.20. The van der Waals surface area contributed by atoms with Gasteiger partial charge in [-0.25, -0.2) is 8.42 Å². The molecule has 0 unspecified atom stereocenters. The van der Waals surface area contributed by atoms with Gasteiger partial charge in [-0.1, -0.05) is 11.6 Å². The van der Waals surface area contributed by atoms with Crippen molar-refractivity contribution in [3.63, 3.8) is 0 Å². The lowest BCUT2D eigenvalue weighted by Gasteiger charge is -2.28. The average Bonchev–Trinajstić information content (AvgIpc) is 3.58. The molecule has 9 nitrogen and oxygen atoms in total. The zero-order valence-electron chi connectivity index (χ0n) is 23.4.